The Morgan fingerprint density at radius 1 is 1.47 bits per heavy atom. The quantitative estimate of drug-likeness (QED) is 0.848. The lowest BCUT2D eigenvalue weighted by Gasteiger charge is -2.29. The van der Waals surface area contributed by atoms with Crippen LogP contribution < -0.4 is 5.32 Å². The molecule has 2 N–H and O–H groups in total. The first-order valence-electron chi connectivity index (χ1n) is 7.22. The maximum Gasteiger partial charge on any atom is 0.274 e. The van der Waals surface area contributed by atoms with E-state index in [0.29, 0.717) is 11.6 Å². The Labute approximate surface area is 114 Å². The van der Waals surface area contributed by atoms with Crippen molar-refractivity contribution in [1.29, 1.82) is 0 Å². The molecule has 1 aliphatic rings. The van der Waals surface area contributed by atoms with Crippen LogP contribution in [0.5, 0.6) is 0 Å². The molecular weight excluding hydrogens is 240 g/mol. The van der Waals surface area contributed by atoms with Gasteiger partial charge < -0.3 is 10.2 Å². The second-order valence-corrected chi connectivity index (χ2v) is 5.38. The summed E-state index contributed by atoms with van der Waals surface area (Å²) in [4.78, 5) is 14.4. The highest BCUT2D eigenvalue weighted by atomic mass is 16.2. The Hall–Kier alpha value is -1.36. The average Bonchev–Trinajstić information content (AvgIpc) is 2.85. The summed E-state index contributed by atoms with van der Waals surface area (Å²) in [5, 5.41) is 10.3. The van der Waals surface area contributed by atoms with Gasteiger partial charge in [0.1, 0.15) is 5.69 Å². The summed E-state index contributed by atoms with van der Waals surface area (Å²) in [6, 6.07) is 1.83. The molecule has 106 valence electrons. The van der Waals surface area contributed by atoms with Crippen LogP contribution in [0.2, 0.25) is 0 Å². The largest absolute Gasteiger partial charge is 0.337 e. The number of amides is 1. The summed E-state index contributed by atoms with van der Waals surface area (Å²) in [6.07, 6.45) is 3.31. The van der Waals surface area contributed by atoms with Gasteiger partial charge in [0, 0.05) is 18.8 Å². The third-order valence-corrected chi connectivity index (χ3v) is 3.64. The molecule has 1 saturated heterocycles. The lowest BCUT2D eigenvalue weighted by Crippen LogP contribution is -2.39. The highest BCUT2D eigenvalue weighted by Crippen LogP contribution is 2.15. The molecule has 0 saturated carbocycles. The molecule has 0 unspecified atom stereocenters. The zero-order valence-corrected chi connectivity index (χ0v) is 11.9. The Morgan fingerprint density at radius 3 is 2.79 bits per heavy atom. The van der Waals surface area contributed by atoms with Crippen molar-refractivity contribution in [1.82, 2.24) is 20.4 Å². The SMILES string of the molecule is CCCN(CC1CCNCC1)C(=O)c1cc(C)[nH]n1. The number of nitrogens with zero attached hydrogens (tertiary/aromatic N) is 2. The van der Waals surface area contributed by atoms with Crippen LogP contribution in [0.15, 0.2) is 6.07 Å². The van der Waals surface area contributed by atoms with E-state index in [1.54, 1.807) is 0 Å². The van der Waals surface area contributed by atoms with Gasteiger partial charge >= 0.3 is 0 Å². The molecule has 19 heavy (non-hydrogen) atoms. The van der Waals surface area contributed by atoms with Gasteiger partial charge in [-0.2, -0.15) is 5.10 Å². The van der Waals surface area contributed by atoms with Crippen molar-refractivity contribution in [3.63, 3.8) is 0 Å². The molecule has 1 fully saturated rings. The minimum atomic E-state index is 0.0599. The van der Waals surface area contributed by atoms with Gasteiger partial charge in [0.25, 0.3) is 5.91 Å². The molecule has 0 spiro atoms. The van der Waals surface area contributed by atoms with Gasteiger partial charge in [-0.15, -0.1) is 0 Å². The van der Waals surface area contributed by atoms with Crippen LogP contribution in [0, 0.1) is 12.8 Å². The van der Waals surface area contributed by atoms with E-state index < -0.39 is 0 Å². The number of hydrogen-bond acceptors (Lipinski definition) is 3. The number of hydrogen-bond donors (Lipinski definition) is 2. The summed E-state index contributed by atoms with van der Waals surface area (Å²) in [7, 11) is 0. The molecule has 5 heteroatoms. The van der Waals surface area contributed by atoms with Crippen LogP contribution in [0.4, 0.5) is 0 Å². The molecule has 0 atom stereocenters. The predicted octanol–water partition coefficient (Wildman–Crippen LogP) is 1.57. The van der Waals surface area contributed by atoms with Gasteiger partial charge in [-0.25, -0.2) is 0 Å². The molecule has 1 amide bonds. The molecule has 0 bridgehead atoms. The Balaban J connectivity index is 1.99. The van der Waals surface area contributed by atoms with E-state index in [-0.39, 0.29) is 5.91 Å². The van der Waals surface area contributed by atoms with E-state index in [0.717, 1.165) is 51.1 Å². The number of carbonyl (C=O) groups is 1. The Kier molecular flexibility index (Phi) is 4.96. The monoisotopic (exact) mass is 264 g/mol. The first kappa shape index (κ1) is 14.1. The topological polar surface area (TPSA) is 61.0 Å². The first-order chi connectivity index (χ1) is 9.20. The van der Waals surface area contributed by atoms with E-state index in [2.05, 4.69) is 22.4 Å². The van der Waals surface area contributed by atoms with Crippen LogP contribution in [-0.4, -0.2) is 47.2 Å². The number of H-pyrrole nitrogens is 1. The zero-order valence-electron chi connectivity index (χ0n) is 11.9. The molecular formula is C14H24N4O. The van der Waals surface area contributed by atoms with Crippen molar-refractivity contribution in [3.8, 4) is 0 Å². The fourth-order valence-electron chi connectivity index (χ4n) is 2.61. The van der Waals surface area contributed by atoms with Crippen LogP contribution in [-0.2, 0) is 0 Å². The van der Waals surface area contributed by atoms with Crippen molar-refractivity contribution in [2.75, 3.05) is 26.2 Å². The van der Waals surface area contributed by atoms with Crippen LogP contribution in [0.3, 0.4) is 0 Å². The van der Waals surface area contributed by atoms with Crippen LogP contribution in [0.1, 0.15) is 42.4 Å². The predicted molar refractivity (Wildman–Crippen MR) is 75.1 cm³/mol. The summed E-state index contributed by atoms with van der Waals surface area (Å²) in [5.41, 5.74) is 1.47. The van der Waals surface area contributed by atoms with Gasteiger partial charge in [0.15, 0.2) is 0 Å². The molecule has 0 aromatic carbocycles. The van der Waals surface area contributed by atoms with Gasteiger partial charge in [-0.1, -0.05) is 6.92 Å². The van der Waals surface area contributed by atoms with E-state index in [4.69, 9.17) is 0 Å². The minimum absolute atomic E-state index is 0.0599. The van der Waals surface area contributed by atoms with Gasteiger partial charge in [0.2, 0.25) is 0 Å². The summed E-state index contributed by atoms with van der Waals surface area (Å²) < 4.78 is 0. The number of carbonyl (C=O) groups excluding carboxylic acids is 1. The highest BCUT2D eigenvalue weighted by molar-refractivity contribution is 5.92. The summed E-state index contributed by atoms with van der Waals surface area (Å²) >= 11 is 0. The lowest BCUT2D eigenvalue weighted by molar-refractivity contribution is 0.0710. The maximum atomic E-state index is 12.4. The molecule has 0 radical (unpaired) electrons. The maximum absolute atomic E-state index is 12.4. The van der Waals surface area contributed by atoms with E-state index in [1.165, 1.54) is 0 Å². The number of aromatic nitrogens is 2. The number of aryl methyl sites for hydroxylation is 1. The molecule has 2 heterocycles. The third-order valence-electron chi connectivity index (χ3n) is 3.64. The normalized spacial score (nSPS) is 16.5. The fraction of sp³-hybridized carbons (Fsp3) is 0.714. The number of piperidine rings is 1. The van der Waals surface area contributed by atoms with Gasteiger partial charge in [-0.3, -0.25) is 9.89 Å². The summed E-state index contributed by atoms with van der Waals surface area (Å²) in [6.45, 7) is 7.84. The first-order valence-corrected chi connectivity index (χ1v) is 7.22. The van der Waals surface area contributed by atoms with Gasteiger partial charge in [0.05, 0.1) is 0 Å². The van der Waals surface area contributed by atoms with Crippen molar-refractivity contribution >= 4 is 5.91 Å². The van der Waals surface area contributed by atoms with Crippen LogP contribution in [0.25, 0.3) is 0 Å². The molecule has 1 aromatic rings. The van der Waals surface area contributed by atoms with Crippen molar-refractivity contribution in [3.05, 3.63) is 17.5 Å². The summed E-state index contributed by atoms with van der Waals surface area (Å²) in [5.74, 6) is 0.682. The van der Waals surface area contributed by atoms with Crippen molar-refractivity contribution in [2.45, 2.75) is 33.1 Å². The number of rotatable bonds is 5. The molecule has 2 rings (SSSR count). The number of aromatic amines is 1. The second-order valence-electron chi connectivity index (χ2n) is 5.38. The molecule has 1 aliphatic heterocycles. The standard InChI is InChI=1S/C14H24N4O/c1-3-8-18(10-12-4-6-15-7-5-12)14(19)13-9-11(2)16-17-13/h9,12,15H,3-8,10H2,1-2H3,(H,16,17). The zero-order chi connectivity index (χ0) is 13.7. The van der Waals surface area contributed by atoms with Gasteiger partial charge in [-0.05, 0) is 51.3 Å². The van der Waals surface area contributed by atoms with Crippen molar-refractivity contribution < 1.29 is 4.79 Å². The second kappa shape index (κ2) is 6.70. The Morgan fingerprint density at radius 2 is 2.21 bits per heavy atom. The smallest absolute Gasteiger partial charge is 0.274 e. The third kappa shape index (κ3) is 3.80. The fourth-order valence-corrected chi connectivity index (χ4v) is 2.61. The molecule has 0 aliphatic carbocycles. The average molecular weight is 264 g/mol. The molecule has 5 nitrogen and oxygen atoms in total. The lowest BCUT2D eigenvalue weighted by atomic mass is 9.97. The number of nitrogens with one attached hydrogen (secondary N) is 2. The van der Waals surface area contributed by atoms with Crippen molar-refractivity contribution in [2.24, 2.45) is 5.92 Å². The van der Waals surface area contributed by atoms with E-state index in [1.807, 2.05) is 17.9 Å². The highest BCUT2D eigenvalue weighted by Gasteiger charge is 2.22. The van der Waals surface area contributed by atoms with E-state index >= 15 is 0 Å². The molecule has 1 aromatic heterocycles. The van der Waals surface area contributed by atoms with E-state index in [9.17, 15) is 4.79 Å². The van der Waals surface area contributed by atoms with Crippen LogP contribution >= 0.6 is 0 Å². The minimum Gasteiger partial charge on any atom is -0.337 e. The Bertz CT molecular complexity index is 409.